The molecule has 0 bridgehead atoms. The van der Waals surface area contributed by atoms with Crippen LogP contribution in [0.3, 0.4) is 0 Å². The van der Waals surface area contributed by atoms with E-state index in [4.69, 9.17) is 10.5 Å². The molecule has 21 heavy (non-hydrogen) atoms. The third-order valence-electron chi connectivity index (χ3n) is 3.66. The smallest absolute Gasteiger partial charge is 0.261 e. The lowest BCUT2D eigenvalue weighted by Crippen LogP contribution is -2.46. The quantitative estimate of drug-likeness (QED) is 0.899. The topological polar surface area (TPSA) is 64.3 Å². The highest BCUT2D eigenvalue weighted by Gasteiger charge is 2.22. The zero-order valence-corrected chi connectivity index (χ0v) is 13.4. The fraction of sp³-hybridized carbons (Fsp3) is 0.588. The monoisotopic (exact) mass is 290 g/mol. The van der Waals surface area contributed by atoms with Gasteiger partial charge in [0, 0.05) is 11.6 Å². The summed E-state index contributed by atoms with van der Waals surface area (Å²) in [4.78, 5) is 12.1. The molecular formula is C17H26N2O2. The van der Waals surface area contributed by atoms with E-state index in [2.05, 4.69) is 11.4 Å². The Morgan fingerprint density at radius 3 is 2.81 bits per heavy atom. The van der Waals surface area contributed by atoms with Gasteiger partial charge in [0.1, 0.15) is 5.75 Å². The van der Waals surface area contributed by atoms with Crippen LogP contribution in [0, 0.1) is 0 Å². The average Bonchev–Trinajstić information content (AvgIpc) is 2.37. The van der Waals surface area contributed by atoms with E-state index >= 15 is 0 Å². The Kier molecular flexibility index (Phi) is 4.57. The lowest BCUT2D eigenvalue weighted by atomic mass is 9.88. The third kappa shape index (κ3) is 4.21. The number of rotatable bonds is 3. The summed E-state index contributed by atoms with van der Waals surface area (Å²) in [6, 6.07) is 6.06. The van der Waals surface area contributed by atoms with Gasteiger partial charge in [-0.2, -0.15) is 0 Å². The van der Waals surface area contributed by atoms with Crippen molar-refractivity contribution in [2.24, 2.45) is 5.73 Å². The van der Waals surface area contributed by atoms with Crippen LogP contribution in [0.5, 0.6) is 5.75 Å². The molecule has 0 heterocycles. The van der Waals surface area contributed by atoms with Crippen LogP contribution in [0.4, 0.5) is 0 Å². The predicted molar refractivity (Wildman–Crippen MR) is 84.3 cm³/mol. The largest absolute Gasteiger partial charge is 0.481 e. The molecule has 1 aromatic rings. The van der Waals surface area contributed by atoms with Gasteiger partial charge in [-0.1, -0.05) is 6.07 Å². The highest BCUT2D eigenvalue weighted by Crippen LogP contribution is 2.31. The molecule has 1 aromatic carbocycles. The van der Waals surface area contributed by atoms with Crippen LogP contribution in [0.2, 0.25) is 0 Å². The second kappa shape index (κ2) is 6.06. The van der Waals surface area contributed by atoms with Crippen LogP contribution < -0.4 is 15.8 Å². The molecule has 3 N–H and O–H groups in total. The number of hydrogen-bond donors (Lipinski definition) is 2. The SMILES string of the molecule is CC(Oc1ccc2c(c1)[C@H](N)CCC2)C(=O)NC(C)(C)C. The van der Waals surface area contributed by atoms with E-state index in [9.17, 15) is 4.79 Å². The van der Waals surface area contributed by atoms with Crippen molar-refractivity contribution >= 4 is 5.91 Å². The molecule has 2 atom stereocenters. The zero-order valence-electron chi connectivity index (χ0n) is 13.4. The van der Waals surface area contributed by atoms with Crippen LogP contribution in [0.25, 0.3) is 0 Å². The molecule has 0 fully saturated rings. The molecule has 1 aliphatic rings. The molecular weight excluding hydrogens is 264 g/mol. The Morgan fingerprint density at radius 2 is 2.14 bits per heavy atom. The van der Waals surface area contributed by atoms with Crippen molar-refractivity contribution in [2.45, 2.75) is 64.6 Å². The summed E-state index contributed by atoms with van der Waals surface area (Å²) in [5.74, 6) is 0.604. The van der Waals surface area contributed by atoms with Gasteiger partial charge < -0.3 is 15.8 Å². The van der Waals surface area contributed by atoms with Crippen LogP contribution in [-0.4, -0.2) is 17.6 Å². The van der Waals surface area contributed by atoms with Gasteiger partial charge in [-0.25, -0.2) is 0 Å². The van der Waals surface area contributed by atoms with E-state index in [1.165, 1.54) is 5.56 Å². The van der Waals surface area contributed by atoms with Crippen molar-refractivity contribution in [3.63, 3.8) is 0 Å². The molecule has 1 unspecified atom stereocenters. The number of amides is 1. The van der Waals surface area contributed by atoms with Crippen molar-refractivity contribution in [1.29, 1.82) is 0 Å². The van der Waals surface area contributed by atoms with Gasteiger partial charge in [0.25, 0.3) is 5.91 Å². The zero-order chi connectivity index (χ0) is 15.6. The van der Waals surface area contributed by atoms with Crippen molar-refractivity contribution in [1.82, 2.24) is 5.32 Å². The van der Waals surface area contributed by atoms with E-state index in [0.29, 0.717) is 5.75 Å². The van der Waals surface area contributed by atoms with Gasteiger partial charge in [0.2, 0.25) is 0 Å². The fourth-order valence-electron chi connectivity index (χ4n) is 2.62. The number of carbonyl (C=O) groups excluding carboxylic acids is 1. The molecule has 0 radical (unpaired) electrons. The molecule has 4 nitrogen and oxygen atoms in total. The Morgan fingerprint density at radius 1 is 1.43 bits per heavy atom. The standard InChI is InChI=1S/C17H26N2O2/c1-11(16(20)19-17(2,3)4)21-13-9-8-12-6-5-7-15(18)14(12)10-13/h8-11,15H,5-7,18H2,1-4H3,(H,19,20)/t11?,15-/m1/s1. The summed E-state index contributed by atoms with van der Waals surface area (Å²) in [5, 5.41) is 2.92. The minimum atomic E-state index is -0.526. The Labute approximate surface area is 127 Å². The number of ether oxygens (including phenoxy) is 1. The number of nitrogens with one attached hydrogen (secondary N) is 1. The van der Waals surface area contributed by atoms with Crippen molar-refractivity contribution in [3.8, 4) is 5.75 Å². The first-order chi connectivity index (χ1) is 9.76. The average molecular weight is 290 g/mol. The first kappa shape index (κ1) is 15.8. The Hall–Kier alpha value is -1.55. The second-order valence-electron chi connectivity index (χ2n) is 6.86. The van der Waals surface area contributed by atoms with Crippen LogP contribution in [-0.2, 0) is 11.2 Å². The molecule has 0 saturated carbocycles. The number of nitrogens with two attached hydrogens (primary N) is 1. The number of carbonyl (C=O) groups is 1. The molecule has 0 spiro atoms. The van der Waals surface area contributed by atoms with E-state index in [0.717, 1.165) is 24.8 Å². The molecule has 116 valence electrons. The van der Waals surface area contributed by atoms with Crippen LogP contribution in [0.1, 0.15) is 57.7 Å². The molecule has 1 aliphatic carbocycles. The van der Waals surface area contributed by atoms with Crippen LogP contribution in [0.15, 0.2) is 18.2 Å². The molecule has 0 saturated heterocycles. The van der Waals surface area contributed by atoms with Gasteiger partial charge >= 0.3 is 0 Å². The maximum Gasteiger partial charge on any atom is 0.261 e. The maximum atomic E-state index is 12.1. The van der Waals surface area contributed by atoms with E-state index in [-0.39, 0.29) is 17.5 Å². The lowest BCUT2D eigenvalue weighted by Gasteiger charge is -2.25. The van der Waals surface area contributed by atoms with E-state index < -0.39 is 6.10 Å². The second-order valence-corrected chi connectivity index (χ2v) is 6.86. The van der Waals surface area contributed by atoms with Crippen LogP contribution >= 0.6 is 0 Å². The van der Waals surface area contributed by atoms with Crippen molar-refractivity contribution in [2.75, 3.05) is 0 Å². The molecule has 0 aliphatic heterocycles. The lowest BCUT2D eigenvalue weighted by molar-refractivity contribution is -0.128. The third-order valence-corrected chi connectivity index (χ3v) is 3.66. The van der Waals surface area contributed by atoms with Gasteiger partial charge in [-0.15, -0.1) is 0 Å². The highest BCUT2D eigenvalue weighted by molar-refractivity contribution is 5.81. The van der Waals surface area contributed by atoms with E-state index in [1.807, 2.05) is 32.9 Å². The molecule has 0 aromatic heterocycles. The van der Waals surface area contributed by atoms with Gasteiger partial charge in [0.05, 0.1) is 0 Å². The first-order valence-corrected chi connectivity index (χ1v) is 7.63. The predicted octanol–water partition coefficient (Wildman–Crippen LogP) is 2.70. The van der Waals surface area contributed by atoms with Gasteiger partial charge in [-0.3, -0.25) is 4.79 Å². The molecule has 1 amide bonds. The molecule has 2 rings (SSSR count). The maximum absolute atomic E-state index is 12.1. The Bertz CT molecular complexity index is 520. The summed E-state index contributed by atoms with van der Waals surface area (Å²) in [7, 11) is 0. The summed E-state index contributed by atoms with van der Waals surface area (Å²) < 4.78 is 5.77. The van der Waals surface area contributed by atoms with Gasteiger partial charge in [-0.05, 0) is 70.2 Å². The minimum Gasteiger partial charge on any atom is -0.481 e. The highest BCUT2D eigenvalue weighted by atomic mass is 16.5. The Balaban J connectivity index is 2.06. The number of fused-ring (bicyclic) bond motifs is 1. The fourth-order valence-corrected chi connectivity index (χ4v) is 2.62. The summed E-state index contributed by atoms with van der Waals surface area (Å²) in [6.45, 7) is 7.63. The summed E-state index contributed by atoms with van der Waals surface area (Å²) >= 11 is 0. The number of benzene rings is 1. The minimum absolute atomic E-state index is 0.0796. The number of hydrogen-bond acceptors (Lipinski definition) is 3. The van der Waals surface area contributed by atoms with Gasteiger partial charge in [0.15, 0.2) is 6.10 Å². The number of aryl methyl sites for hydroxylation is 1. The molecule has 4 heteroatoms. The first-order valence-electron chi connectivity index (χ1n) is 7.63. The van der Waals surface area contributed by atoms with E-state index in [1.54, 1.807) is 6.92 Å². The normalized spacial score (nSPS) is 19.6. The van der Waals surface area contributed by atoms with Crippen molar-refractivity contribution in [3.05, 3.63) is 29.3 Å². The summed E-state index contributed by atoms with van der Waals surface area (Å²) in [5.41, 5.74) is 8.35. The summed E-state index contributed by atoms with van der Waals surface area (Å²) in [6.07, 6.45) is 2.70. The van der Waals surface area contributed by atoms with Crippen molar-refractivity contribution < 1.29 is 9.53 Å².